The minimum absolute atomic E-state index is 0.210. The van der Waals surface area contributed by atoms with Crippen LogP contribution in [0.25, 0.3) is 10.9 Å². The first-order chi connectivity index (χ1) is 13.3. The van der Waals surface area contributed by atoms with Crippen LogP contribution in [0, 0.1) is 44.9 Å². The van der Waals surface area contributed by atoms with Crippen LogP contribution in [0.3, 0.4) is 0 Å². The van der Waals surface area contributed by atoms with Gasteiger partial charge in [-0.2, -0.15) is 5.26 Å². The van der Waals surface area contributed by atoms with Gasteiger partial charge in [-0.15, -0.1) is 0 Å². The van der Waals surface area contributed by atoms with Gasteiger partial charge in [0.25, 0.3) is 0 Å². The molecule has 142 valence electrons. The van der Waals surface area contributed by atoms with E-state index < -0.39 is 5.92 Å². The number of aromatic nitrogens is 1. The lowest BCUT2D eigenvalue weighted by molar-refractivity contribution is -0.118. The van der Waals surface area contributed by atoms with E-state index in [0.29, 0.717) is 10.7 Å². The molecule has 0 fully saturated rings. The Hall–Kier alpha value is -2.90. The van der Waals surface area contributed by atoms with E-state index >= 15 is 0 Å². The van der Waals surface area contributed by atoms with E-state index in [0.717, 1.165) is 38.8 Å². The number of nitrogens with one attached hydrogen (secondary N) is 1. The summed E-state index contributed by atoms with van der Waals surface area (Å²) in [6, 6.07) is 13.8. The number of nitriles is 1. The maximum Gasteiger partial charge on any atom is 0.242 e. The van der Waals surface area contributed by atoms with Crippen molar-refractivity contribution in [3.05, 3.63) is 69.4 Å². The summed E-state index contributed by atoms with van der Waals surface area (Å²) in [5.41, 5.74) is 6.44. The molecule has 2 aromatic carbocycles. The minimum Gasteiger partial charge on any atom is -0.324 e. The Bertz CT molecular complexity index is 1090. The molecule has 0 aliphatic rings. The summed E-state index contributed by atoms with van der Waals surface area (Å²) in [6.45, 7) is 7.90. The fourth-order valence-corrected chi connectivity index (χ4v) is 3.50. The predicted molar refractivity (Wildman–Crippen MR) is 114 cm³/mol. The van der Waals surface area contributed by atoms with Crippen molar-refractivity contribution >= 4 is 34.1 Å². The van der Waals surface area contributed by atoms with E-state index in [1.807, 2.05) is 64.1 Å². The van der Waals surface area contributed by atoms with Crippen LogP contribution in [0.2, 0.25) is 5.15 Å². The number of aryl methyl sites for hydroxylation is 4. The van der Waals surface area contributed by atoms with Gasteiger partial charge in [0.15, 0.2) is 0 Å². The zero-order chi connectivity index (χ0) is 20.4. The van der Waals surface area contributed by atoms with Crippen LogP contribution < -0.4 is 5.32 Å². The molecule has 3 aromatic rings. The third-order valence-corrected chi connectivity index (χ3v) is 5.49. The van der Waals surface area contributed by atoms with Gasteiger partial charge in [-0.1, -0.05) is 41.9 Å². The second-order valence-electron chi connectivity index (χ2n) is 7.16. The molecule has 1 heterocycles. The van der Waals surface area contributed by atoms with Crippen LogP contribution in [0.15, 0.2) is 36.4 Å². The maximum atomic E-state index is 12.7. The largest absolute Gasteiger partial charge is 0.324 e. The number of anilines is 1. The number of amides is 1. The zero-order valence-electron chi connectivity index (χ0n) is 16.4. The molecule has 1 amide bonds. The summed E-state index contributed by atoms with van der Waals surface area (Å²) in [4.78, 5) is 17.2. The molecule has 0 saturated heterocycles. The van der Waals surface area contributed by atoms with Crippen molar-refractivity contribution in [1.82, 2.24) is 4.98 Å². The lowest BCUT2D eigenvalue weighted by atomic mass is 9.98. The second kappa shape index (κ2) is 8.00. The molecule has 0 aliphatic heterocycles. The van der Waals surface area contributed by atoms with Gasteiger partial charge in [-0.05, 0) is 61.6 Å². The average molecular weight is 392 g/mol. The van der Waals surface area contributed by atoms with E-state index in [1.165, 1.54) is 0 Å². The summed E-state index contributed by atoms with van der Waals surface area (Å²) in [7, 11) is 0. The molecule has 0 spiro atoms. The number of para-hydroxylation sites is 1. The number of rotatable bonds is 4. The Kier molecular flexibility index (Phi) is 5.67. The molecular weight excluding hydrogens is 370 g/mol. The molecule has 1 N–H and O–H groups in total. The fourth-order valence-electron chi connectivity index (χ4n) is 3.29. The van der Waals surface area contributed by atoms with Crippen LogP contribution in [0.4, 0.5) is 5.69 Å². The fraction of sp³-hybridized carbons (Fsp3) is 0.261. The normalized spacial score (nSPS) is 11.9. The minimum atomic E-state index is -0.859. The van der Waals surface area contributed by atoms with E-state index in [1.54, 1.807) is 0 Å². The maximum absolute atomic E-state index is 12.7. The van der Waals surface area contributed by atoms with Crippen LogP contribution in [0.5, 0.6) is 0 Å². The van der Waals surface area contributed by atoms with Gasteiger partial charge in [0.1, 0.15) is 11.1 Å². The summed E-state index contributed by atoms with van der Waals surface area (Å²) >= 11 is 6.39. The summed E-state index contributed by atoms with van der Waals surface area (Å²) < 4.78 is 0. The molecule has 4 nitrogen and oxygen atoms in total. The number of halogens is 1. The van der Waals surface area contributed by atoms with Gasteiger partial charge >= 0.3 is 0 Å². The van der Waals surface area contributed by atoms with Gasteiger partial charge < -0.3 is 5.32 Å². The standard InChI is InChI=1S/C23H22ClN3O/c1-13-8-9-17-10-18(22(24)26-21(17)16(13)4)11-19(12-25)23(28)27-20-14(2)6-5-7-15(20)3/h5-10,19H,11H2,1-4H3,(H,27,28)/t19-/m1/s1. The first-order valence-corrected chi connectivity index (χ1v) is 9.51. The highest BCUT2D eigenvalue weighted by molar-refractivity contribution is 6.30. The number of hydrogen-bond acceptors (Lipinski definition) is 3. The smallest absolute Gasteiger partial charge is 0.242 e. The third-order valence-electron chi connectivity index (χ3n) is 5.16. The molecule has 0 radical (unpaired) electrons. The Labute approximate surface area is 170 Å². The number of pyridine rings is 1. The second-order valence-corrected chi connectivity index (χ2v) is 7.52. The van der Waals surface area contributed by atoms with Crippen molar-refractivity contribution in [1.29, 1.82) is 5.26 Å². The number of carbonyl (C=O) groups is 1. The Balaban J connectivity index is 1.89. The highest BCUT2D eigenvalue weighted by atomic mass is 35.5. The molecular formula is C23H22ClN3O. The lowest BCUT2D eigenvalue weighted by Crippen LogP contribution is -2.24. The van der Waals surface area contributed by atoms with Crippen LogP contribution in [0.1, 0.15) is 27.8 Å². The molecule has 0 aliphatic carbocycles. The van der Waals surface area contributed by atoms with Gasteiger partial charge in [0.05, 0.1) is 11.6 Å². The Morgan fingerprint density at radius 1 is 1.14 bits per heavy atom. The molecule has 0 saturated carbocycles. The number of hydrogen-bond donors (Lipinski definition) is 1. The van der Waals surface area contributed by atoms with Gasteiger partial charge in [0.2, 0.25) is 5.91 Å². The van der Waals surface area contributed by atoms with Crippen molar-refractivity contribution in [3.8, 4) is 6.07 Å². The number of carbonyl (C=O) groups excluding carboxylic acids is 1. The monoisotopic (exact) mass is 391 g/mol. The Morgan fingerprint density at radius 2 is 1.82 bits per heavy atom. The predicted octanol–water partition coefficient (Wildman–Crippen LogP) is 5.44. The van der Waals surface area contributed by atoms with E-state index in [4.69, 9.17) is 11.6 Å². The number of fused-ring (bicyclic) bond motifs is 1. The van der Waals surface area contributed by atoms with Gasteiger partial charge in [-0.3, -0.25) is 4.79 Å². The van der Waals surface area contributed by atoms with Crippen molar-refractivity contribution in [2.24, 2.45) is 5.92 Å². The van der Waals surface area contributed by atoms with Gasteiger partial charge in [-0.25, -0.2) is 4.98 Å². The van der Waals surface area contributed by atoms with E-state index in [-0.39, 0.29) is 12.3 Å². The van der Waals surface area contributed by atoms with E-state index in [9.17, 15) is 10.1 Å². The summed E-state index contributed by atoms with van der Waals surface area (Å²) in [6.07, 6.45) is 0.210. The van der Waals surface area contributed by atoms with Gasteiger partial charge in [0, 0.05) is 17.5 Å². The average Bonchev–Trinajstić information content (AvgIpc) is 2.66. The number of nitrogens with zero attached hydrogens (tertiary/aromatic N) is 2. The van der Waals surface area contributed by atoms with Crippen LogP contribution >= 0.6 is 11.6 Å². The molecule has 1 aromatic heterocycles. The molecule has 1 atom stereocenters. The third kappa shape index (κ3) is 3.85. The SMILES string of the molecule is Cc1cccc(C)c1NC(=O)[C@@H](C#N)Cc1cc2ccc(C)c(C)c2nc1Cl. The van der Waals surface area contributed by atoms with Crippen LogP contribution in [-0.4, -0.2) is 10.9 Å². The van der Waals surface area contributed by atoms with E-state index in [2.05, 4.69) is 16.4 Å². The highest BCUT2D eigenvalue weighted by Gasteiger charge is 2.22. The molecule has 5 heteroatoms. The van der Waals surface area contributed by atoms with Crippen molar-refractivity contribution in [2.45, 2.75) is 34.1 Å². The quantitative estimate of drug-likeness (QED) is 0.602. The molecule has 28 heavy (non-hydrogen) atoms. The first-order valence-electron chi connectivity index (χ1n) is 9.14. The van der Waals surface area contributed by atoms with Crippen LogP contribution in [-0.2, 0) is 11.2 Å². The Morgan fingerprint density at radius 3 is 2.46 bits per heavy atom. The number of benzene rings is 2. The summed E-state index contributed by atoms with van der Waals surface area (Å²) in [5, 5.41) is 13.8. The van der Waals surface area contributed by atoms with Crippen molar-refractivity contribution < 1.29 is 4.79 Å². The zero-order valence-corrected chi connectivity index (χ0v) is 17.2. The summed E-state index contributed by atoms with van der Waals surface area (Å²) in [5.74, 6) is -1.20. The highest BCUT2D eigenvalue weighted by Crippen LogP contribution is 2.27. The molecule has 3 rings (SSSR count). The van der Waals surface area contributed by atoms with Crippen molar-refractivity contribution in [2.75, 3.05) is 5.32 Å². The molecule has 0 unspecified atom stereocenters. The lowest BCUT2D eigenvalue weighted by Gasteiger charge is -2.15. The molecule has 0 bridgehead atoms. The first kappa shape index (κ1) is 19.9. The topological polar surface area (TPSA) is 65.8 Å². The van der Waals surface area contributed by atoms with Crippen molar-refractivity contribution in [3.63, 3.8) is 0 Å².